The SMILES string of the molecule is COC(CN=C(c1ccccc1)c1ccccc1)OC. The fraction of sp³-hybridized carbons (Fsp3) is 0.235. The summed E-state index contributed by atoms with van der Waals surface area (Å²) >= 11 is 0. The van der Waals surface area contributed by atoms with E-state index in [0.717, 1.165) is 16.8 Å². The monoisotopic (exact) mass is 269 g/mol. The molecule has 0 aliphatic rings. The van der Waals surface area contributed by atoms with Gasteiger partial charge in [-0.3, -0.25) is 4.99 Å². The zero-order valence-corrected chi connectivity index (χ0v) is 11.8. The Bertz CT molecular complexity index is 492. The lowest BCUT2D eigenvalue weighted by Gasteiger charge is -2.12. The smallest absolute Gasteiger partial charge is 0.176 e. The Kier molecular flexibility index (Phi) is 5.47. The van der Waals surface area contributed by atoms with Gasteiger partial charge >= 0.3 is 0 Å². The molecule has 0 atom stereocenters. The van der Waals surface area contributed by atoms with E-state index in [2.05, 4.69) is 29.3 Å². The molecule has 3 heteroatoms. The maximum atomic E-state index is 5.19. The van der Waals surface area contributed by atoms with E-state index in [9.17, 15) is 0 Å². The van der Waals surface area contributed by atoms with Gasteiger partial charge in [-0.05, 0) is 0 Å². The number of benzene rings is 2. The summed E-state index contributed by atoms with van der Waals surface area (Å²) < 4.78 is 10.4. The molecule has 2 aromatic rings. The second kappa shape index (κ2) is 7.58. The van der Waals surface area contributed by atoms with Crippen LogP contribution < -0.4 is 0 Å². The number of rotatable bonds is 6. The van der Waals surface area contributed by atoms with Crippen molar-refractivity contribution in [1.29, 1.82) is 0 Å². The van der Waals surface area contributed by atoms with E-state index in [1.165, 1.54) is 0 Å². The molecule has 0 aliphatic heterocycles. The molecule has 0 N–H and O–H groups in total. The number of nitrogens with zero attached hydrogens (tertiary/aromatic N) is 1. The third-order valence-electron chi connectivity index (χ3n) is 3.02. The van der Waals surface area contributed by atoms with Gasteiger partial charge in [0.1, 0.15) is 0 Å². The zero-order valence-electron chi connectivity index (χ0n) is 11.8. The molecule has 0 heterocycles. The number of methoxy groups -OCH3 is 2. The molecule has 0 amide bonds. The second-order valence-electron chi connectivity index (χ2n) is 4.32. The molecule has 2 rings (SSSR count). The largest absolute Gasteiger partial charge is 0.354 e. The molecule has 104 valence electrons. The molecule has 0 bridgehead atoms. The molecule has 0 fully saturated rings. The number of aliphatic imine (C=N–C) groups is 1. The van der Waals surface area contributed by atoms with Crippen LogP contribution in [0.25, 0.3) is 0 Å². The first kappa shape index (κ1) is 14.4. The van der Waals surface area contributed by atoms with Crippen molar-refractivity contribution in [2.24, 2.45) is 4.99 Å². The van der Waals surface area contributed by atoms with Gasteiger partial charge in [0.05, 0.1) is 12.3 Å². The van der Waals surface area contributed by atoms with E-state index in [1.54, 1.807) is 14.2 Å². The second-order valence-corrected chi connectivity index (χ2v) is 4.32. The van der Waals surface area contributed by atoms with Crippen molar-refractivity contribution in [3.8, 4) is 0 Å². The van der Waals surface area contributed by atoms with Crippen molar-refractivity contribution in [2.75, 3.05) is 20.8 Å². The normalized spacial score (nSPS) is 10.6. The van der Waals surface area contributed by atoms with Crippen molar-refractivity contribution in [2.45, 2.75) is 6.29 Å². The molecule has 0 unspecified atom stereocenters. The van der Waals surface area contributed by atoms with Crippen LogP contribution in [-0.4, -0.2) is 32.8 Å². The standard InChI is InChI=1S/C17H19NO2/c1-19-16(20-2)13-18-17(14-9-5-3-6-10-14)15-11-7-4-8-12-15/h3-12,16H,13H2,1-2H3. The predicted octanol–water partition coefficient (Wildman–Crippen LogP) is 3.14. The van der Waals surface area contributed by atoms with E-state index in [4.69, 9.17) is 9.47 Å². The minimum atomic E-state index is -0.322. The number of hydrogen-bond donors (Lipinski definition) is 0. The van der Waals surface area contributed by atoms with Gasteiger partial charge in [0.25, 0.3) is 0 Å². The van der Waals surface area contributed by atoms with E-state index in [-0.39, 0.29) is 6.29 Å². The van der Waals surface area contributed by atoms with Gasteiger partial charge < -0.3 is 9.47 Å². The van der Waals surface area contributed by atoms with E-state index >= 15 is 0 Å². The average Bonchev–Trinajstić information content (AvgIpc) is 2.53. The molecule has 20 heavy (non-hydrogen) atoms. The molecule has 0 saturated heterocycles. The van der Waals surface area contributed by atoms with Crippen molar-refractivity contribution in [3.63, 3.8) is 0 Å². The summed E-state index contributed by atoms with van der Waals surface area (Å²) in [5.74, 6) is 0. The van der Waals surface area contributed by atoms with Crippen LogP contribution in [0.2, 0.25) is 0 Å². The lowest BCUT2D eigenvalue weighted by molar-refractivity contribution is -0.0936. The molecule has 0 aromatic heterocycles. The molecule has 0 spiro atoms. The highest BCUT2D eigenvalue weighted by atomic mass is 16.7. The first-order valence-electron chi connectivity index (χ1n) is 6.56. The average molecular weight is 269 g/mol. The first-order valence-corrected chi connectivity index (χ1v) is 6.56. The van der Waals surface area contributed by atoms with Gasteiger partial charge in [-0.25, -0.2) is 0 Å². The van der Waals surface area contributed by atoms with Crippen LogP contribution in [-0.2, 0) is 9.47 Å². The molecule has 0 saturated carbocycles. The summed E-state index contributed by atoms with van der Waals surface area (Å²) in [7, 11) is 3.24. The topological polar surface area (TPSA) is 30.8 Å². The van der Waals surface area contributed by atoms with Gasteiger partial charge in [-0.15, -0.1) is 0 Å². The van der Waals surface area contributed by atoms with Crippen LogP contribution in [0.3, 0.4) is 0 Å². The van der Waals surface area contributed by atoms with Gasteiger partial charge in [-0.1, -0.05) is 60.7 Å². The van der Waals surface area contributed by atoms with Gasteiger partial charge in [0, 0.05) is 25.3 Å². The minimum absolute atomic E-state index is 0.322. The van der Waals surface area contributed by atoms with Gasteiger partial charge in [0.15, 0.2) is 6.29 Å². The third kappa shape index (κ3) is 3.76. The Balaban J connectivity index is 2.32. The summed E-state index contributed by atoms with van der Waals surface area (Å²) in [5.41, 5.74) is 3.12. The first-order chi connectivity index (χ1) is 9.85. The quantitative estimate of drug-likeness (QED) is 0.596. The Labute approximate surface area is 119 Å². The van der Waals surface area contributed by atoms with Crippen LogP contribution in [0.4, 0.5) is 0 Å². The Morgan fingerprint density at radius 1 is 0.850 bits per heavy atom. The van der Waals surface area contributed by atoms with E-state index in [0.29, 0.717) is 6.54 Å². The fourth-order valence-electron chi connectivity index (χ4n) is 1.95. The molecular formula is C17H19NO2. The Morgan fingerprint density at radius 3 is 1.70 bits per heavy atom. The van der Waals surface area contributed by atoms with Crippen LogP contribution >= 0.6 is 0 Å². The lowest BCUT2D eigenvalue weighted by atomic mass is 10.0. The summed E-state index contributed by atoms with van der Waals surface area (Å²) in [4.78, 5) is 4.67. The van der Waals surface area contributed by atoms with E-state index in [1.807, 2.05) is 36.4 Å². The highest BCUT2D eigenvalue weighted by molar-refractivity contribution is 6.12. The molecule has 0 aliphatic carbocycles. The summed E-state index contributed by atoms with van der Waals surface area (Å²) in [6.07, 6.45) is -0.322. The van der Waals surface area contributed by atoms with Crippen molar-refractivity contribution >= 4 is 5.71 Å². The van der Waals surface area contributed by atoms with Crippen LogP contribution in [0.5, 0.6) is 0 Å². The number of hydrogen-bond acceptors (Lipinski definition) is 3. The number of ether oxygens (including phenoxy) is 2. The van der Waals surface area contributed by atoms with Gasteiger partial charge in [0.2, 0.25) is 0 Å². The summed E-state index contributed by atoms with van der Waals surface area (Å²) in [6.45, 7) is 0.464. The lowest BCUT2D eigenvalue weighted by Crippen LogP contribution is -2.18. The molecular weight excluding hydrogens is 250 g/mol. The Hall–Kier alpha value is -1.97. The third-order valence-corrected chi connectivity index (χ3v) is 3.02. The zero-order chi connectivity index (χ0) is 14.2. The summed E-state index contributed by atoms with van der Waals surface area (Å²) in [5, 5.41) is 0. The molecule has 2 aromatic carbocycles. The minimum Gasteiger partial charge on any atom is -0.354 e. The van der Waals surface area contributed by atoms with Gasteiger partial charge in [-0.2, -0.15) is 0 Å². The van der Waals surface area contributed by atoms with Crippen molar-refractivity contribution in [1.82, 2.24) is 0 Å². The Morgan fingerprint density at radius 2 is 1.30 bits per heavy atom. The van der Waals surface area contributed by atoms with Crippen LogP contribution in [0, 0.1) is 0 Å². The summed E-state index contributed by atoms with van der Waals surface area (Å²) in [6, 6.07) is 20.3. The van der Waals surface area contributed by atoms with Crippen LogP contribution in [0.15, 0.2) is 65.7 Å². The maximum Gasteiger partial charge on any atom is 0.176 e. The fourth-order valence-corrected chi connectivity index (χ4v) is 1.95. The highest BCUT2D eigenvalue weighted by Crippen LogP contribution is 2.11. The van der Waals surface area contributed by atoms with Crippen LogP contribution in [0.1, 0.15) is 11.1 Å². The molecule has 3 nitrogen and oxygen atoms in total. The van der Waals surface area contributed by atoms with Crippen molar-refractivity contribution in [3.05, 3.63) is 71.8 Å². The van der Waals surface area contributed by atoms with E-state index < -0.39 is 0 Å². The van der Waals surface area contributed by atoms with Crippen molar-refractivity contribution < 1.29 is 9.47 Å². The molecule has 0 radical (unpaired) electrons. The highest BCUT2D eigenvalue weighted by Gasteiger charge is 2.08. The predicted molar refractivity (Wildman–Crippen MR) is 81.2 cm³/mol. The maximum absolute atomic E-state index is 5.19.